The number of hydrogen-bond acceptors (Lipinski definition) is 11. The Morgan fingerprint density at radius 3 is 2.56 bits per heavy atom. The van der Waals surface area contributed by atoms with Crippen LogP contribution in [-0.2, 0) is 30.3 Å². The smallest absolute Gasteiger partial charge is 0.410 e. The van der Waals surface area contributed by atoms with Gasteiger partial charge in [-0.15, -0.1) is 16.4 Å². The zero-order valence-electron chi connectivity index (χ0n) is 29.8. The standard InChI is InChI=1S/C34H53BN6O6S/c1-9-27-33(7)29(41(32(44)47-33)18-11-10-17-40-20-26(38-39-40)30-37-16-19-48-30)24(5)36-15-13-21(2)12-14-34(35,25(6)45-8)23(4)28(42)22(3)31(43)46-27/h16,19-25,27,29,36H,9-15,17-18H2,1-8H3/t21-,22+,23-,24-,25?,27+,29+,33+,34-/m0/s1. The van der Waals surface area contributed by atoms with Crippen molar-refractivity contribution in [3.05, 3.63) is 17.8 Å². The molecule has 0 bridgehead atoms. The molecule has 2 fully saturated rings. The zero-order chi connectivity index (χ0) is 35.2. The fourth-order valence-corrected chi connectivity index (χ4v) is 7.89. The molecule has 0 aromatic carbocycles. The van der Waals surface area contributed by atoms with Crippen LogP contribution in [0.4, 0.5) is 4.79 Å². The first-order valence-electron chi connectivity index (χ1n) is 17.4. The Bertz CT molecular complexity index is 1380. The van der Waals surface area contributed by atoms with E-state index in [0.717, 1.165) is 30.0 Å². The second-order valence-electron chi connectivity index (χ2n) is 13.9. The van der Waals surface area contributed by atoms with E-state index in [-0.39, 0.29) is 11.8 Å². The number of rotatable bonds is 9. The molecule has 2 aliphatic rings. The highest BCUT2D eigenvalue weighted by Crippen LogP contribution is 2.45. The minimum absolute atomic E-state index is 0.174. The lowest BCUT2D eigenvalue weighted by molar-refractivity contribution is -0.170. The molecule has 2 radical (unpaired) electrons. The Hall–Kier alpha value is -2.84. The molecular formula is C34H53BN6O6S. The molecule has 14 heteroatoms. The quantitative estimate of drug-likeness (QED) is 0.165. The average Bonchev–Trinajstić information content (AvgIpc) is 3.82. The molecule has 2 aliphatic heterocycles. The van der Waals surface area contributed by atoms with Crippen molar-refractivity contribution in [3.8, 4) is 10.7 Å². The van der Waals surface area contributed by atoms with Crippen molar-refractivity contribution in [1.82, 2.24) is 30.2 Å². The predicted molar refractivity (Wildman–Crippen MR) is 185 cm³/mol. The number of methoxy groups -OCH3 is 1. The number of fused-ring (bicyclic) bond motifs is 1. The van der Waals surface area contributed by atoms with Gasteiger partial charge in [-0.05, 0) is 71.2 Å². The van der Waals surface area contributed by atoms with E-state index in [2.05, 4.69) is 34.5 Å². The molecule has 48 heavy (non-hydrogen) atoms. The molecule has 0 saturated carbocycles. The summed E-state index contributed by atoms with van der Waals surface area (Å²) in [6.45, 7) is 15.0. The van der Waals surface area contributed by atoms with Crippen LogP contribution in [0.2, 0.25) is 5.31 Å². The van der Waals surface area contributed by atoms with Crippen LogP contribution in [0.1, 0.15) is 87.0 Å². The highest BCUT2D eigenvalue weighted by atomic mass is 32.1. The summed E-state index contributed by atoms with van der Waals surface area (Å²) in [5.74, 6) is -2.31. The van der Waals surface area contributed by atoms with E-state index in [1.54, 1.807) is 36.7 Å². The van der Waals surface area contributed by atoms with Crippen LogP contribution >= 0.6 is 11.3 Å². The van der Waals surface area contributed by atoms with E-state index in [9.17, 15) is 14.4 Å². The number of carbonyl (C=O) groups is 3. The predicted octanol–water partition coefficient (Wildman–Crippen LogP) is 5.08. The molecule has 1 N–H and O–H groups in total. The van der Waals surface area contributed by atoms with Gasteiger partial charge in [0.25, 0.3) is 0 Å². The Balaban J connectivity index is 1.53. The van der Waals surface area contributed by atoms with Gasteiger partial charge in [0.15, 0.2) is 5.60 Å². The van der Waals surface area contributed by atoms with Crippen LogP contribution in [-0.4, -0.2) is 101 Å². The third-order valence-corrected chi connectivity index (χ3v) is 11.5. The number of amides is 1. The van der Waals surface area contributed by atoms with Gasteiger partial charge in [0.2, 0.25) is 0 Å². The first-order chi connectivity index (χ1) is 22.8. The molecule has 12 nitrogen and oxygen atoms in total. The molecule has 4 rings (SSSR count). The number of aromatic nitrogens is 4. The topological polar surface area (TPSA) is 138 Å². The summed E-state index contributed by atoms with van der Waals surface area (Å²) in [5.41, 5.74) is -0.413. The lowest BCUT2D eigenvalue weighted by Gasteiger charge is -2.42. The minimum atomic E-state index is -1.15. The Morgan fingerprint density at radius 2 is 1.90 bits per heavy atom. The second kappa shape index (κ2) is 16.2. The number of cyclic esters (lactones) is 1. The first-order valence-corrected chi connectivity index (χ1v) is 18.2. The van der Waals surface area contributed by atoms with Crippen LogP contribution in [0.5, 0.6) is 0 Å². The van der Waals surface area contributed by atoms with Gasteiger partial charge in [-0.1, -0.05) is 38.8 Å². The van der Waals surface area contributed by atoms with Gasteiger partial charge in [-0.25, -0.2) is 9.78 Å². The van der Waals surface area contributed by atoms with Crippen molar-refractivity contribution < 1.29 is 28.6 Å². The average molecular weight is 685 g/mol. The fraction of sp³-hybridized carbons (Fsp3) is 0.765. The minimum Gasteiger partial charge on any atom is -0.458 e. The molecule has 1 unspecified atom stereocenters. The maximum atomic E-state index is 13.8. The third-order valence-electron chi connectivity index (χ3n) is 10.7. The lowest BCUT2D eigenvalue weighted by Crippen LogP contribution is -2.60. The van der Waals surface area contributed by atoms with Gasteiger partial charge < -0.3 is 19.5 Å². The fourth-order valence-electron chi connectivity index (χ4n) is 7.30. The Kier molecular flexibility index (Phi) is 12.9. The number of unbranched alkanes of at least 4 members (excludes halogenated alkanes) is 1. The maximum Gasteiger partial charge on any atom is 0.410 e. The van der Waals surface area contributed by atoms with Gasteiger partial charge in [0.05, 0.1) is 26.2 Å². The van der Waals surface area contributed by atoms with Gasteiger partial charge in [-0.3, -0.25) is 19.2 Å². The summed E-state index contributed by atoms with van der Waals surface area (Å²) >= 11 is 1.51. The number of Topliss-reactive ketones (excluding diaryl/α,β-unsaturated/α-hetero) is 1. The molecule has 9 atom stereocenters. The van der Waals surface area contributed by atoms with Crippen molar-refractivity contribution in [3.63, 3.8) is 0 Å². The molecular weight excluding hydrogens is 631 g/mol. The SMILES string of the molecule is [B][C@@]1(C(C)OC)CC[C@H](C)CCN[C@@H](C)[C@H]2N(CCCCn3cc(-c4nccs4)nn3)C(=O)O[C@]2(C)[C@@H](CC)OC(=O)[C@H](C)C(=O)[C@@H]1C. The van der Waals surface area contributed by atoms with Crippen molar-refractivity contribution in [1.29, 1.82) is 0 Å². The highest BCUT2D eigenvalue weighted by Gasteiger charge is 2.58. The number of ether oxygens (including phenoxy) is 3. The van der Waals surface area contributed by atoms with Gasteiger partial charge in [0, 0.05) is 43.7 Å². The summed E-state index contributed by atoms with van der Waals surface area (Å²) < 4.78 is 19.7. The largest absolute Gasteiger partial charge is 0.458 e. The maximum absolute atomic E-state index is 13.8. The third kappa shape index (κ3) is 8.13. The van der Waals surface area contributed by atoms with E-state index in [1.807, 2.05) is 32.3 Å². The number of nitrogens with one attached hydrogen (secondary N) is 1. The first kappa shape index (κ1) is 38.0. The number of esters is 1. The van der Waals surface area contributed by atoms with Crippen molar-refractivity contribution in [2.45, 2.75) is 129 Å². The van der Waals surface area contributed by atoms with E-state index in [4.69, 9.17) is 22.1 Å². The number of hydrogen-bond donors (Lipinski definition) is 1. The molecule has 264 valence electrons. The number of carbonyl (C=O) groups excluding carboxylic acids is 3. The summed E-state index contributed by atoms with van der Waals surface area (Å²) in [5, 5.41) is 13.9. The summed E-state index contributed by atoms with van der Waals surface area (Å²) in [6.07, 6.45) is 6.13. The number of ketones is 1. The number of nitrogens with zero attached hydrogens (tertiary/aromatic N) is 5. The lowest BCUT2D eigenvalue weighted by atomic mass is 9.53. The summed E-state index contributed by atoms with van der Waals surface area (Å²) in [4.78, 5) is 47.0. The van der Waals surface area contributed by atoms with Crippen LogP contribution in [0.15, 0.2) is 17.8 Å². The van der Waals surface area contributed by atoms with E-state index >= 15 is 0 Å². The zero-order valence-corrected chi connectivity index (χ0v) is 30.6. The van der Waals surface area contributed by atoms with Crippen molar-refractivity contribution >= 4 is 37.0 Å². The van der Waals surface area contributed by atoms with Crippen LogP contribution < -0.4 is 5.32 Å². The second-order valence-corrected chi connectivity index (χ2v) is 14.8. The van der Waals surface area contributed by atoms with Gasteiger partial charge >= 0.3 is 12.1 Å². The van der Waals surface area contributed by atoms with Crippen LogP contribution in [0.25, 0.3) is 10.7 Å². The van der Waals surface area contributed by atoms with E-state index < -0.39 is 53.1 Å². The number of thiazole rings is 1. The Labute approximate surface area is 290 Å². The van der Waals surface area contributed by atoms with E-state index in [1.165, 1.54) is 11.3 Å². The van der Waals surface area contributed by atoms with Crippen molar-refractivity contribution in [2.24, 2.45) is 17.8 Å². The summed E-state index contributed by atoms with van der Waals surface area (Å²) in [7, 11) is 8.53. The molecule has 0 aliphatic carbocycles. The highest BCUT2D eigenvalue weighted by molar-refractivity contribution is 7.13. The Morgan fingerprint density at radius 1 is 1.17 bits per heavy atom. The van der Waals surface area contributed by atoms with Crippen molar-refractivity contribution in [2.75, 3.05) is 20.2 Å². The molecule has 2 saturated heterocycles. The molecule has 4 heterocycles. The van der Waals surface area contributed by atoms with Gasteiger partial charge in [-0.2, -0.15) is 0 Å². The van der Waals surface area contributed by atoms with Gasteiger partial charge in [0.1, 0.15) is 28.5 Å². The van der Waals surface area contributed by atoms with Crippen LogP contribution in [0.3, 0.4) is 0 Å². The number of aryl methyl sites for hydroxylation is 1. The molecule has 1 amide bonds. The molecule has 2 aromatic rings. The van der Waals surface area contributed by atoms with Crippen LogP contribution in [0, 0.1) is 17.8 Å². The molecule has 2 aromatic heterocycles. The molecule has 0 spiro atoms. The summed E-state index contributed by atoms with van der Waals surface area (Å²) in [6, 6.07) is -0.593. The monoisotopic (exact) mass is 684 g/mol. The normalized spacial score (nSPS) is 33.2. The van der Waals surface area contributed by atoms with E-state index in [0.29, 0.717) is 44.8 Å².